The number of rotatable bonds is 5. The second kappa shape index (κ2) is 7.25. The summed E-state index contributed by atoms with van der Waals surface area (Å²) < 4.78 is 10.9. The molecule has 3 nitrogen and oxygen atoms in total. The Kier molecular flexibility index (Phi) is 5.94. The first-order valence-electron chi connectivity index (χ1n) is 5.24. The van der Waals surface area contributed by atoms with E-state index in [0.717, 1.165) is 10.0 Å². The number of esters is 1. The van der Waals surface area contributed by atoms with E-state index in [9.17, 15) is 4.79 Å². The van der Waals surface area contributed by atoms with Gasteiger partial charge in [-0.05, 0) is 24.6 Å². The lowest BCUT2D eigenvalue weighted by atomic mass is 10.1. The minimum atomic E-state index is -0.341. The maximum atomic E-state index is 11.3. The predicted molar refractivity (Wildman–Crippen MR) is 70.0 cm³/mol. The Morgan fingerprint density at radius 2 is 2.24 bits per heavy atom. The van der Waals surface area contributed by atoms with Crippen molar-refractivity contribution < 1.29 is 14.3 Å². The van der Waals surface area contributed by atoms with Gasteiger partial charge in [0.2, 0.25) is 0 Å². The summed E-state index contributed by atoms with van der Waals surface area (Å²) in [6.45, 7) is 3.04. The summed E-state index contributed by atoms with van der Waals surface area (Å²) in [7, 11) is 1.37. The molecule has 0 saturated carbocycles. The first-order chi connectivity index (χ1) is 8.19. The average molecular weight is 299 g/mol. The highest BCUT2D eigenvalue weighted by atomic mass is 79.9. The molecule has 0 spiro atoms. The number of carbonyl (C=O) groups is 1. The van der Waals surface area contributed by atoms with E-state index >= 15 is 0 Å². The summed E-state index contributed by atoms with van der Waals surface area (Å²) in [5.74, 6) is -0.341. The van der Waals surface area contributed by atoms with Gasteiger partial charge in [0.15, 0.2) is 0 Å². The summed E-state index contributed by atoms with van der Waals surface area (Å²) in [5, 5.41) is 0. The lowest BCUT2D eigenvalue weighted by Gasteiger charge is -2.06. The number of hydrogen-bond acceptors (Lipinski definition) is 3. The molecule has 17 heavy (non-hydrogen) atoms. The first kappa shape index (κ1) is 13.9. The third kappa shape index (κ3) is 4.32. The number of allylic oxidation sites excluding steroid dienone is 1. The zero-order valence-electron chi connectivity index (χ0n) is 9.90. The fraction of sp³-hybridized carbons (Fsp3) is 0.308. The lowest BCUT2D eigenvalue weighted by molar-refractivity contribution is 0.0600. The van der Waals surface area contributed by atoms with Gasteiger partial charge in [-0.3, -0.25) is 0 Å². The van der Waals surface area contributed by atoms with Crippen molar-refractivity contribution in [3.8, 4) is 0 Å². The Morgan fingerprint density at radius 3 is 2.82 bits per heavy atom. The van der Waals surface area contributed by atoms with Gasteiger partial charge in [0.25, 0.3) is 0 Å². The van der Waals surface area contributed by atoms with E-state index in [4.69, 9.17) is 4.74 Å². The molecule has 0 bridgehead atoms. The van der Waals surface area contributed by atoms with Crippen LogP contribution in [0.2, 0.25) is 0 Å². The van der Waals surface area contributed by atoms with E-state index in [1.165, 1.54) is 7.11 Å². The summed E-state index contributed by atoms with van der Waals surface area (Å²) in [6, 6.07) is 5.32. The normalized spacial score (nSPS) is 10.8. The first-order valence-corrected chi connectivity index (χ1v) is 6.04. The van der Waals surface area contributed by atoms with Crippen molar-refractivity contribution in [1.82, 2.24) is 0 Å². The molecule has 0 unspecified atom stereocenters. The van der Waals surface area contributed by atoms with Crippen LogP contribution in [-0.2, 0) is 16.1 Å². The Bertz CT molecular complexity index is 413. The van der Waals surface area contributed by atoms with Crippen molar-refractivity contribution in [2.45, 2.75) is 13.5 Å². The van der Waals surface area contributed by atoms with Crippen molar-refractivity contribution in [3.05, 3.63) is 46.0 Å². The molecule has 92 valence electrons. The van der Waals surface area contributed by atoms with Crippen LogP contribution >= 0.6 is 15.9 Å². The second-order valence-electron chi connectivity index (χ2n) is 3.38. The van der Waals surface area contributed by atoms with Crippen LogP contribution in [0.3, 0.4) is 0 Å². The molecule has 4 heteroatoms. The van der Waals surface area contributed by atoms with E-state index in [0.29, 0.717) is 18.8 Å². The zero-order chi connectivity index (χ0) is 12.7. The lowest BCUT2D eigenvalue weighted by Crippen LogP contribution is -2.02. The number of hydrogen-bond donors (Lipinski definition) is 0. The monoisotopic (exact) mass is 298 g/mol. The summed E-state index contributed by atoms with van der Waals surface area (Å²) in [5.41, 5.74) is 1.53. The van der Waals surface area contributed by atoms with Crippen LogP contribution in [-0.4, -0.2) is 19.7 Å². The summed E-state index contributed by atoms with van der Waals surface area (Å²) in [6.07, 6.45) is 3.88. The molecule has 1 aromatic carbocycles. The fourth-order valence-electron chi connectivity index (χ4n) is 1.24. The molecule has 0 atom stereocenters. The number of ether oxygens (including phenoxy) is 2. The van der Waals surface area contributed by atoms with Gasteiger partial charge in [-0.25, -0.2) is 4.79 Å². The molecular weight excluding hydrogens is 284 g/mol. The molecule has 0 heterocycles. The number of benzene rings is 1. The topological polar surface area (TPSA) is 35.5 Å². The SMILES string of the molecule is C/C=C/COCc1ccc(C(=O)OC)cc1Br. The molecule has 0 aromatic heterocycles. The molecule has 0 N–H and O–H groups in total. The highest BCUT2D eigenvalue weighted by molar-refractivity contribution is 9.10. The van der Waals surface area contributed by atoms with Crippen LogP contribution in [0.15, 0.2) is 34.8 Å². The highest BCUT2D eigenvalue weighted by Crippen LogP contribution is 2.20. The predicted octanol–water partition coefficient (Wildman–Crippen LogP) is 3.33. The highest BCUT2D eigenvalue weighted by Gasteiger charge is 2.08. The minimum absolute atomic E-state index is 0.341. The number of carbonyl (C=O) groups excluding carboxylic acids is 1. The minimum Gasteiger partial charge on any atom is -0.465 e. The molecule has 0 saturated heterocycles. The van der Waals surface area contributed by atoms with Gasteiger partial charge in [-0.2, -0.15) is 0 Å². The van der Waals surface area contributed by atoms with Crippen LogP contribution in [0.5, 0.6) is 0 Å². The third-order valence-electron chi connectivity index (χ3n) is 2.18. The molecule has 0 radical (unpaired) electrons. The van der Waals surface area contributed by atoms with Crippen LogP contribution < -0.4 is 0 Å². The van der Waals surface area contributed by atoms with Gasteiger partial charge >= 0.3 is 5.97 Å². The van der Waals surface area contributed by atoms with Crippen molar-refractivity contribution in [2.75, 3.05) is 13.7 Å². The Balaban J connectivity index is 2.66. The van der Waals surface area contributed by atoms with Crippen molar-refractivity contribution in [1.29, 1.82) is 0 Å². The molecule has 0 amide bonds. The van der Waals surface area contributed by atoms with Gasteiger partial charge < -0.3 is 9.47 Å². The van der Waals surface area contributed by atoms with E-state index in [1.54, 1.807) is 12.1 Å². The molecule has 0 fully saturated rings. The summed E-state index contributed by atoms with van der Waals surface area (Å²) >= 11 is 3.41. The van der Waals surface area contributed by atoms with Gasteiger partial charge in [0.05, 0.1) is 25.9 Å². The number of methoxy groups -OCH3 is 1. The largest absolute Gasteiger partial charge is 0.465 e. The third-order valence-corrected chi connectivity index (χ3v) is 2.92. The Labute approximate surface area is 110 Å². The van der Waals surface area contributed by atoms with Gasteiger partial charge in [-0.1, -0.05) is 34.1 Å². The molecule has 0 aliphatic heterocycles. The maximum absolute atomic E-state index is 11.3. The van der Waals surface area contributed by atoms with Crippen molar-refractivity contribution in [2.24, 2.45) is 0 Å². The summed E-state index contributed by atoms with van der Waals surface area (Å²) in [4.78, 5) is 11.3. The fourth-order valence-corrected chi connectivity index (χ4v) is 1.74. The quantitative estimate of drug-likeness (QED) is 0.475. The maximum Gasteiger partial charge on any atom is 0.337 e. The van der Waals surface area contributed by atoms with Gasteiger partial charge in [0, 0.05) is 4.47 Å². The van der Waals surface area contributed by atoms with E-state index < -0.39 is 0 Å². The van der Waals surface area contributed by atoms with E-state index in [2.05, 4.69) is 20.7 Å². The second-order valence-corrected chi connectivity index (χ2v) is 4.24. The van der Waals surface area contributed by atoms with Crippen molar-refractivity contribution >= 4 is 21.9 Å². The molecule has 1 rings (SSSR count). The van der Waals surface area contributed by atoms with Gasteiger partial charge in [0.1, 0.15) is 0 Å². The average Bonchev–Trinajstić information content (AvgIpc) is 2.35. The Hall–Kier alpha value is -1.13. The van der Waals surface area contributed by atoms with Crippen LogP contribution in [0.25, 0.3) is 0 Å². The van der Waals surface area contributed by atoms with Crippen LogP contribution in [0, 0.1) is 0 Å². The molecule has 0 aliphatic rings. The molecule has 0 aliphatic carbocycles. The smallest absolute Gasteiger partial charge is 0.337 e. The van der Waals surface area contributed by atoms with E-state index in [-0.39, 0.29) is 5.97 Å². The number of halogens is 1. The Morgan fingerprint density at radius 1 is 1.47 bits per heavy atom. The zero-order valence-corrected chi connectivity index (χ0v) is 11.5. The standard InChI is InChI=1S/C13H15BrO3/c1-3-4-7-17-9-11-6-5-10(8-12(11)14)13(15)16-2/h3-6,8H,7,9H2,1-2H3/b4-3+. The van der Waals surface area contributed by atoms with Crippen LogP contribution in [0.1, 0.15) is 22.8 Å². The molecule has 1 aromatic rings. The van der Waals surface area contributed by atoms with Crippen molar-refractivity contribution in [3.63, 3.8) is 0 Å². The van der Waals surface area contributed by atoms with Crippen LogP contribution in [0.4, 0.5) is 0 Å². The van der Waals surface area contributed by atoms with E-state index in [1.807, 2.05) is 25.1 Å². The molecular formula is C13H15BrO3. The van der Waals surface area contributed by atoms with Gasteiger partial charge in [-0.15, -0.1) is 0 Å².